The first-order valence-corrected chi connectivity index (χ1v) is 5.96. The predicted octanol–water partition coefficient (Wildman–Crippen LogP) is 3.32. The van der Waals surface area contributed by atoms with Crippen LogP contribution in [0.3, 0.4) is 0 Å². The molecule has 0 aromatic carbocycles. The van der Waals surface area contributed by atoms with Gasteiger partial charge in [-0.3, -0.25) is 4.79 Å². The van der Waals surface area contributed by atoms with E-state index in [9.17, 15) is 4.79 Å². The van der Waals surface area contributed by atoms with Crippen LogP contribution in [0.25, 0.3) is 0 Å². The maximum Gasteiger partial charge on any atom is 0.309 e. The number of carbonyl (C=O) groups is 1. The van der Waals surface area contributed by atoms with E-state index in [4.69, 9.17) is 4.74 Å². The van der Waals surface area contributed by atoms with Crippen molar-refractivity contribution in [2.24, 2.45) is 11.8 Å². The van der Waals surface area contributed by atoms with Crippen LogP contribution in [0.15, 0.2) is 12.2 Å². The fourth-order valence-electron chi connectivity index (χ4n) is 2.47. The Balaban J connectivity index is 2.49. The molecule has 1 aliphatic rings. The third-order valence-corrected chi connectivity index (χ3v) is 3.41. The van der Waals surface area contributed by atoms with Crippen LogP contribution in [0.5, 0.6) is 0 Å². The van der Waals surface area contributed by atoms with Gasteiger partial charge < -0.3 is 4.74 Å². The van der Waals surface area contributed by atoms with Crippen molar-refractivity contribution in [3.8, 4) is 0 Å². The SMILES string of the molecule is C=C1CC[C@H](C(=O)OC)[C@H]1CCCCC. The van der Waals surface area contributed by atoms with Gasteiger partial charge in [0, 0.05) is 0 Å². The van der Waals surface area contributed by atoms with E-state index >= 15 is 0 Å². The van der Waals surface area contributed by atoms with E-state index in [2.05, 4.69) is 13.5 Å². The van der Waals surface area contributed by atoms with Crippen molar-refractivity contribution in [3.05, 3.63) is 12.2 Å². The summed E-state index contributed by atoms with van der Waals surface area (Å²) in [7, 11) is 1.48. The molecule has 1 fully saturated rings. The van der Waals surface area contributed by atoms with Gasteiger partial charge in [-0.05, 0) is 25.2 Å². The molecule has 15 heavy (non-hydrogen) atoms. The molecule has 2 atom stereocenters. The molecule has 86 valence electrons. The van der Waals surface area contributed by atoms with Crippen LogP contribution in [-0.4, -0.2) is 13.1 Å². The molecule has 2 heteroatoms. The summed E-state index contributed by atoms with van der Waals surface area (Å²) in [5.41, 5.74) is 1.25. The van der Waals surface area contributed by atoms with Gasteiger partial charge >= 0.3 is 5.97 Å². The summed E-state index contributed by atoms with van der Waals surface area (Å²) in [5.74, 6) is 0.415. The second kappa shape index (κ2) is 5.94. The lowest BCUT2D eigenvalue weighted by molar-refractivity contribution is -0.146. The molecule has 0 bridgehead atoms. The van der Waals surface area contributed by atoms with Gasteiger partial charge in [0.15, 0.2) is 0 Å². The van der Waals surface area contributed by atoms with Gasteiger partial charge in [-0.2, -0.15) is 0 Å². The third-order valence-electron chi connectivity index (χ3n) is 3.41. The molecule has 0 aromatic rings. The topological polar surface area (TPSA) is 26.3 Å². The Hall–Kier alpha value is -0.790. The van der Waals surface area contributed by atoms with E-state index in [1.54, 1.807) is 0 Å². The molecule has 2 nitrogen and oxygen atoms in total. The molecule has 0 unspecified atom stereocenters. The Kier molecular flexibility index (Phi) is 4.86. The number of methoxy groups -OCH3 is 1. The van der Waals surface area contributed by atoms with Gasteiger partial charge in [0.1, 0.15) is 0 Å². The minimum atomic E-state index is -0.0462. The molecule has 0 amide bonds. The molecule has 0 spiro atoms. The number of allylic oxidation sites excluding steroid dienone is 1. The molecule has 0 N–H and O–H groups in total. The minimum Gasteiger partial charge on any atom is -0.469 e. The molecule has 0 saturated heterocycles. The Bertz CT molecular complexity index is 233. The van der Waals surface area contributed by atoms with Gasteiger partial charge in [0.05, 0.1) is 13.0 Å². The van der Waals surface area contributed by atoms with Crippen molar-refractivity contribution >= 4 is 5.97 Å². The van der Waals surface area contributed by atoms with Gasteiger partial charge in [-0.1, -0.05) is 38.3 Å². The lowest BCUT2D eigenvalue weighted by atomic mass is 9.89. The number of carbonyl (C=O) groups excluding carboxylic acids is 1. The van der Waals surface area contributed by atoms with Crippen molar-refractivity contribution in [2.75, 3.05) is 7.11 Å². The fourth-order valence-corrected chi connectivity index (χ4v) is 2.47. The maximum atomic E-state index is 11.5. The quantitative estimate of drug-likeness (QED) is 0.395. The van der Waals surface area contributed by atoms with E-state index in [1.165, 1.54) is 31.9 Å². The molecule has 0 heterocycles. The molecule has 0 aliphatic heterocycles. The highest BCUT2D eigenvalue weighted by atomic mass is 16.5. The zero-order chi connectivity index (χ0) is 11.3. The number of rotatable bonds is 5. The highest BCUT2D eigenvalue weighted by molar-refractivity contribution is 5.73. The summed E-state index contributed by atoms with van der Waals surface area (Å²) in [6.07, 6.45) is 6.71. The second-order valence-electron chi connectivity index (χ2n) is 4.43. The molecule has 1 rings (SSSR count). The maximum absolute atomic E-state index is 11.5. The molecule has 1 saturated carbocycles. The minimum absolute atomic E-state index is 0.0462. The van der Waals surface area contributed by atoms with Crippen LogP contribution in [0.1, 0.15) is 45.4 Å². The van der Waals surface area contributed by atoms with Crippen molar-refractivity contribution in [1.82, 2.24) is 0 Å². The summed E-state index contributed by atoms with van der Waals surface area (Å²) in [6.45, 7) is 6.27. The summed E-state index contributed by atoms with van der Waals surface area (Å²) in [4.78, 5) is 11.5. The first kappa shape index (κ1) is 12.3. The van der Waals surface area contributed by atoms with Crippen molar-refractivity contribution in [3.63, 3.8) is 0 Å². The Morgan fingerprint density at radius 3 is 2.87 bits per heavy atom. The molecule has 0 radical (unpaired) electrons. The lowest BCUT2D eigenvalue weighted by Gasteiger charge is -2.18. The van der Waals surface area contributed by atoms with E-state index in [1.807, 2.05) is 0 Å². The summed E-state index contributed by atoms with van der Waals surface area (Å²) in [5, 5.41) is 0. The fraction of sp³-hybridized carbons (Fsp3) is 0.769. The van der Waals surface area contributed by atoms with Gasteiger partial charge in [-0.15, -0.1) is 0 Å². The molecule has 0 aromatic heterocycles. The zero-order valence-corrected chi connectivity index (χ0v) is 9.92. The molecular formula is C13H22O2. The summed E-state index contributed by atoms with van der Waals surface area (Å²) < 4.78 is 4.84. The number of esters is 1. The average Bonchev–Trinajstić information content (AvgIpc) is 2.60. The van der Waals surface area contributed by atoms with E-state index in [0.29, 0.717) is 5.92 Å². The monoisotopic (exact) mass is 210 g/mol. The van der Waals surface area contributed by atoms with Crippen molar-refractivity contribution in [1.29, 1.82) is 0 Å². The standard InChI is InChI=1S/C13H22O2/c1-4-5-6-7-11-10(2)8-9-12(11)13(14)15-3/h11-12H,2,4-9H2,1,3H3/t11-,12-/m0/s1. The number of hydrogen-bond donors (Lipinski definition) is 0. The van der Waals surface area contributed by atoms with Crippen LogP contribution in [-0.2, 0) is 9.53 Å². The Labute approximate surface area is 92.7 Å². The number of hydrogen-bond acceptors (Lipinski definition) is 2. The third kappa shape index (κ3) is 3.08. The highest BCUT2D eigenvalue weighted by Gasteiger charge is 2.35. The highest BCUT2D eigenvalue weighted by Crippen LogP contribution is 2.39. The summed E-state index contributed by atoms with van der Waals surface area (Å²) >= 11 is 0. The lowest BCUT2D eigenvalue weighted by Crippen LogP contribution is -2.20. The van der Waals surface area contributed by atoms with E-state index < -0.39 is 0 Å². The first-order valence-electron chi connectivity index (χ1n) is 5.96. The Morgan fingerprint density at radius 1 is 1.53 bits per heavy atom. The van der Waals surface area contributed by atoms with Crippen LogP contribution >= 0.6 is 0 Å². The molecular weight excluding hydrogens is 188 g/mol. The average molecular weight is 210 g/mol. The van der Waals surface area contributed by atoms with Gasteiger partial charge in [0.2, 0.25) is 0 Å². The largest absolute Gasteiger partial charge is 0.469 e. The summed E-state index contributed by atoms with van der Waals surface area (Å²) in [6, 6.07) is 0. The first-order chi connectivity index (χ1) is 7.20. The number of ether oxygens (including phenoxy) is 1. The van der Waals surface area contributed by atoms with Crippen LogP contribution < -0.4 is 0 Å². The zero-order valence-electron chi connectivity index (χ0n) is 9.92. The van der Waals surface area contributed by atoms with Gasteiger partial charge in [0.25, 0.3) is 0 Å². The van der Waals surface area contributed by atoms with Crippen molar-refractivity contribution < 1.29 is 9.53 Å². The molecule has 1 aliphatic carbocycles. The van der Waals surface area contributed by atoms with E-state index in [-0.39, 0.29) is 11.9 Å². The van der Waals surface area contributed by atoms with Gasteiger partial charge in [-0.25, -0.2) is 0 Å². The van der Waals surface area contributed by atoms with Crippen LogP contribution in [0, 0.1) is 11.8 Å². The predicted molar refractivity (Wildman–Crippen MR) is 61.5 cm³/mol. The normalized spacial score (nSPS) is 25.6. The smallest absolute Gasteiger partial charge is 0.309 e. The Morgan fingerprint density at radius 2 is 2.27 bits per heavy atom. The van der Waals surface area contributed by atoms with Crippen molar-refractivity contribution in [2.45, 2.75) is 45.4 Å². The number of unbranched alkanes of at least 4 members (excludes halogenated alkanes) is 2. The van der Waals surface area contributed by atoms with E-state index in [0.717, 1.165) is 19.3 Å². The van der Waals surface area contributed by atoms with Crippen LogP contribution in [0.2, 0.25) is 0 Å². The van der Waals surface area contributed by atoms with Crippen LogP contribution in [0.4, 0.5) is 0 Å². The second-order valence-corrected chi connectivity index (χ2v) is 4.43.